The number of ketones is 1. The molecule has 3 fully saturated rings. The highest BCUT2D eigenvalue weighted by Crippen LogP contribution is 2.31. The van der Waals surface area contributed by atoms with Gasteiger partial charge in [0.15, 0.2) is 5.82 Å². The molecule has 20 nitrogen and oxygen atoms in total. The molecule has 4 aromatic heterocycles. The van der Waals surface area contributed by atoms with Gasteiger partial charge >= 0.3 is 10.2 Å². The summed E-state index contributed by atoms with van der Waals surface area (Å²) in [6.07, 6.45) is 11.9. The summed E-state index contributed by atoms with van der Waals surface area (Å²) in [4.78, 5) is 86.3. The Kier molecular flexibility index (Phi) is 15.3. The quantitative estimate of drug-likeness (QED) is 0.0604. The van der Waals surface area contributed by atoms with Crippen LogP contribution < -0.4 is 20.3 Å². The molecule has 68 heavy (non-hydrogen) atoms. The van der Waals surface area contributed by atoms with Gasteiger partial charge in [-0.3, -0.25) is 43.9 Å². The fourth-order valence-electron chi connectivity index (χ4n) is 8.48. The lowest BCUT2D eigenvalue weighted by molar-refractivity contribution is -0.134. The minimum Gasteiger partial charge on any atom is -0.483 e. The monoisotopic (exact) mass is 958 g/mol. The van der Waals surface area contributed by atoms with Crippen LogP contribution in [0, 0.1) is 11.6 Å². The zero-order chi connectivity index (χ0) is 48.7. The fraction of sp³-hybridized carbons (Fsp3) is 0.400. The molecule has 1 aromatic carbocycles. The number of imide groups is 1. The topological polar surface area (TPSA) is 256 Å². The van der Waals surface area contributed by atoms with Crippen molar-refractivity contribution in [3.05, 3.63) is 89.8 Å². The molecule has 1 unspecified atom stereocenters. The van der Waals surface area contributed by atoms with Gasteiger partial charge in [-0.05, 0) is 69.5 Å². The van der Waals surface area contributed by atoms with Gasteiger partial charge in [0.05, 0.1) is 29.7 Å². The number of fused-ring (bicyclic) bond motifs is 1. The summed E-state index contributed by atoms with van der Waals surface area (Å²) < 4.78 is 58.8. The molecule has 5 N–H and O–H groups in total. The van der Waals surface area contributed by atoms with Gasteiger partial charge in [0, 0.05) is 111 Å². The molecule has 1 atom stereocenters. The molecule has 3 aliphatic heterocycles. The zero-order valence-corrected chi connectivity index (χ0v) is 38.4. The van der Waals surface area contributed by atoms with Crippen LogP contribution in [0.1, 0.15) is 73.0 Å². The Balaban J connectivity index is 0.00000222. The Labute approximate surface area is 390 Å². The third-order valence-corrected chi connectivity index (χ3v) is 14.1. The largest absolute Gasteiger partial charge is 0.483 e. The van der Waals surface area contributed by atoms with E-state index in [9.17, 15) is 27.6 Å². The number of anilines is 3. The number of halogens is 2. The van der Waals surface area contributed by atoms with E-state index in [1.54, 1.807) is 37.8 Å². The van der Waals surface area contributed by atoms with Crippen molar-refractivity contribution in [2.75, 3.05) is 68.3 Å². The number of rotatable bonds is 14. The fourth-order valence-corrected chi connectivity index (χ4v) is 9.41. The van der Waals surface area contributed by atoms with E-state index in [0.717, 1.165) is 53.5 Å². The van der Waals surface area contributed by atoms with Crippen LogP contribution in [0.3, 0.4) is 0 Å². The molecule has 0 aliphatic carbocycles. The van der Waals surface area contributed by atoms with Gasteiger partial charge < -0.3 is 25.2 Å². The minimum absolute atomic E-state index is 0.0608. The van der Waals surface area contributed by atoms with Crippen molar-refractivity contribution in [3.8, 4) is 11.1 Å². The maximum Gasteiger partial charge on any atom is 0.301 e. The second kappa shape index (κ2) is 21.3. The van der Waals surface area contributed by atoms with Crippen LogP contribution in [0.2, 0.25) is 0 Å². The average molecular weight is 959 g/mol. The molecule has 0 bridgehead atoms. The maximum absolute atomic E-state index is 15.6. The van der Waals surface area contributed by atoms with E-state index in [1.165, 1.54) is 13.2 Å². The van der Waals surface area contributed by atoms with Crippen molar-refractivity contribution < 1.29 is 46.3 Å². The number of likely N-dealkylation sites (N-methyl/N-ethyl adjacent to an activating group) is 1. The summed E-state index contributed by atoms with van der Waals surface area (Å²) in [5.74, 6) is -3.21. The van der Waals surface area contributed by atoms with E-state index in [1.807, 2.05) is 24.1 Å². The zero-order valence-electron chi connectivity index (χ0n) is 37.6. The number of nitrogens with zero attached hydrogens (tertiary/aromatic N) is 8. The first kappa shape index (κ1) is 48.9. The smallest absolute Gasteiger partial charge is 0.301 e. The molecule has 7 heterocycles. The predicted octanol–water partition coefficient (Wildman–Crippen LogP) is 3.76. The lowest BCUT2D eigenvalue weighted by Gasteiger charge is -2.38. The van der Waals surface area contributed by atoms with Gasteiger partial charge in [-0.2, -0.15) is 12.7 Å². The van der Waals surface area contributed by atoms with E-state index in [0.29, 0.717) is 73.7 Å². The normalized spacial score (nSPS) is 17.2. The molecule has 3 amide bonds. The first-order valence-electron chi connectivity index (χ1n) is 22.0. The Morgan fingerprint density at radius 3 is 2.26 bits per heavy atom. The molecule has 0 saturated carbocycles. The number of piperidine rings is 3. The number of hydrogen-bond acceptors (Lipinski definition) is 14. The second-order valence-corrected chi connectivity index (χ2v) is 18.5. The Bertz CT molecular complexity index is 2760. The van der Waals surface area contributed by atoms with Crippen LogP contribution in [0.4, 0.5) is 26.1 Å². The molecule has 0 spiro atoms. The molecular formula is C45H52F2N12O8S. The predicted molar refractivity (Wildman–Crippen MR) is 247 cm³/mol. The first-order chi connectivity index (χ1) is 32.6. The van der Waals surface area contributed by atoms with E-state index in [-0.39, 0.29) is 48.3 Å². The number of amides is 3. The van der Waals surface area contributed by atoms with Crippen LogP contribution >= 0.6 is 0 Å². The molecule has 0 radical (unpaired) electrons. The lowest BCUT2D eigenvalue weighted by atomic mass is 9.93. The first-order valence-corrected chi connectivity index (χ1v) is 23.5. The molecular weight excluding hydrogens is 907 g/mol. The standard InChI is InChI=1S/C44H50F2N12O6S.CH2O2/c1-4-56(3)65(63,64)54-35-8-6-33(45)39(40(35)46)41(61)32-24-49-42-31(32)19-27(20-48-42)28-21-50-44(51-22-28)58-17-13-30(14-18-58)55(2)25-38(60)57-15-11-26(12-16-57)34-7-5-29(23-47-34)52-36-9-10-37(59)53-43(36)62;2-1-3/h5-8,19-24,26,30,36,52,54H,4,9-18,25H2,1-3H3,(H,48,49)(H,53,59,62);1H,(H,2,3). The van der Waals surface area contributed by atoms with Crippen LogP contribution in [0.25, 0.3) is 22.2 Å². The highest BCUT2D eigenvalue weighted by Gasteiger charge is 2.31. The summed E-state index contributed by atoms with van der Waals surface area (Å²) in [7, 11) is -0.871. The van der Waals surface area contributed by atoms with Gasteiger partial charge in [0.25, 0.3) is 6.47 Å². The van der Waals surface area contributed by atoms with Crippen LogP contribution in [0.5, 0.6) is 0 Å². The van der Waals surface area contributed by atoms with Crippen LogP contribution in [-0.4, -0.2) is 148 Å². The molecule has 3 saturated heterocycles. The van der Waals surface area contributed by atoms with Crippen molar-refractivity contribution in [2.24, 2.45) is 0 Å². The Morgan fingerprint density at radius 1 is 0.926 bits per heavy atom. The molecule has 23 heteroatoms. The number of hydrogen-bond donors (Lipinski definition) is 5. The third kappa shape index (κ3) is 11.1. The van der Waals surface area contributed by atoms with Gasteiger partial charge in [-0.15, -0.1) is 0 Å². The third-order valence-electron chi connectivity index (χ3n) is 12.5. The van der Waals surface area contributed by atoms with E-state index >= 15 is 8.78 Å². The van der Waals surface area contributed by atoms with Crippen molar-refractivity contribution in [1.82, 2.24) is 44.3 Å². The summed E-state index contributed by atoms with van der Waals surface area (Å²) in [5.41, 5.74) is 1.59. The van der Waals surface area contributed by atoms with Gasteiger partial charge in [0.1, 0.15) is 17.5 Å². The molecule has 8 rings (SSSR count). The van der Waals surface area contributed by atoms with Crippen LogP contribution in [-0.2, 0) is 29.4 Å². The van der Waals surface area contributed by atoms with E-state index < -0.39 is 44.9 Å². The van der Waals surface area contributed by atoms with E-state index in [2.05, 4.69) is 50.1 Å². The summed E-state index contributed by atoms with van der Waals surface area (Å²) in [6, 6.07) is 7.01. The Hall–Kier alpha value is -6.98. The van der Waals surface area contributed by atoms with Gasteiger partial charge in [0.2, 0.25) is 29.5 Å². The summed E-state index contributed by atoms with van der Waals surface area (Å²) >= 11 is 0. The summed E-state index contributed by atoms with van der Waals surface area (Å²) in [6.45, 7) is 4.44. The van der Waals surface area contributed by atoms with Crippen molar-refractivity contribution in [1.29, 1.82) is 0 Å². The van der Waals surface area contributed by atoms with Crippen molar-refractivity contribution in [2.45, 2.75) is 63.5 Å². The highest BCUT2D eigenvalue weighted by molar-refractivity contribution is 7.90. The number of benzene rings is 1. The van der Waals surface area contributed by atoms with Crippen LogP contribution in [0.15, 0.2) is 61.3 Å². The second-order valence-electron chi connectivity index (χ2n) is 16.7. The lowest BCUT2D eigenvalue weighted by Crippen LogP contribution is -2.48. The molecule has 360 valence electrons. The number of carbonyl (C=O) groups excluding carboxylic acids is 4. The van der Waals surface area contributed by atoms with Crippen molar-refractivity contribution >= 4 is 68.5 Å². The number of nitrogens with one attached hydrogen (secondary N) is 4. The number of carbonyl (C=O) groups is 5. The molecule has 3 aliphatic rings. The number of pyridine rings is 2. The Morgan fingerprint density at radius 2 is 1.62 bits per heavy atom. The molecule has 5 aromatic rings. The number of likely N-dealkylation sites (tertiary alicyclic amines) is 1. The summed E-state index contributed by atoms with van der Waals surface area (Å²) in [5, 5.41) is 12.7. The maximum atomic E-state index is 15.6. The van der Waals surface area contributed by atoms with E-state index in [4.69, 9.17) is 9.90 Å². The van der Waals surface area contributed by atoms with Crippen molar-refractivity contribution in [3.63, 3.8) is 0 Å². The van der Waals surface area contributed by atoms with Gasteiger partial charge in [-0.25, -0.2) is 23.7 Å². The number of H-pyrrole nitrogens is 1. The van der Waals surface area contributed by atoms with Gasteiger partial charge in [-0.1, -0.05) is 6.92 Å². The number of aromatic amines is 1. The highest BCUT2D eigenvalue weighted by atomic mass is 32.2. The minimum atomic E-state index is -4.15. The number of aromatic nitrogens is 5. The SMILES string of the molecule is CCN(C)S(=O)(=O)Nc1ccc(F)c(C(=O)c2c[nH]c3ncc(-c4cnc(N5CCC(N(C)CC(=O)N6CCC(c7ccc(NC8CCC(=O)NC8=O)cn7)CC6)CC5)nc4)cc23)c1F.O=CO. The average Bonchev–Trinajstić information content (AvgIpc) is 3.77. The number of carboxylic acid groups (broad SMARTS) is 1.